The van der Waals surface area contributed by atoms with Crippen molar-refractivity contribution >= 4 is 23.1 Å². The number of aliphatic hydroxyl groups is 1. The van der Waals surface area contributed by atoms with Crippen molar-refractivity contribution in [2.45, 2.75) is 12.1 Å². The summed E-state index contributed by atoms with van der Waals surface area (Å²) in [5, 5.41) is 19.1. The average molecular weight is 286 g/mol. The van der Waals surface area contributed by atoms with E-state index in [0.29, 0.717) is 24.3 Å². The highest BCUT2D eigenvalue weighted by atomic mass is 32.2. The molecule has 0 amide bonds. The Morgan fingerprint density at radius 3 is 3.06 bits per heavy atom. The number of thiophene rings is 1. The van der Waals surface area contributed by atoms with E-state index < -0.39 is 0 Å². The summed E-state index contributed by atoms with van der Waals surface area (Å²) in [4.78, 5) is 1.02. The minimum Gasteiger partial charge on any atom is -0.410 e. The smallest absolute Gasteiger partial charge is 0.276 e. The molecule has 0 radical (unpaired) electrons. The van der Waals surface area contributed by atoms with Gasteiger partial charge >= 0.3 is 0 Å². The van der Waals surface area contributed by atoms with Crippen LogP contribution in [0.3, 0.4) is 0 Å². The maximum absolute atomic E-state index is 8.55. The summed E-state index contributed by atoms with van der Waals surface area (Å²) in [6, 6.07) is 2.03. The van der Waals surface area contributed by atoms with Crippen LogP contribution in [0.4, 0.5) is 0 Å². The molecule has 2 heterocycles. The summed E-state index contributed by atoms with van der Waals surface area (Å²) in [6.45, 7) is 2.99. The van der Waals surface area contributed by atoms with E-state index >= 15 is 0 Å². The summed E-state index contributed by atoms with van der Waals surface area (Å²) >= 11 is 3.05. The molecule has 7 heteroatoms. The molecule has 0 spiro atoms. The summed E-state index contributed by atoms with van der Waals surface area (Å²) in [5.74, 6) is 1.30. The Bertz CT molecular complexity index is 484. The molecule has 0 unspecified atom stereocenters. The Labute approximate surface area is 113 Å². The van der Waals surface area contributed by atoms with E-state index in [1.807, 2.05) is 18.4 Å². The lowest BCUT2D eigenvalue weighted by molar-refractivity contribution is 0.103. The van der Waals surface area contributed by atoms with Gasteiger partial charge in [-0.25, -0.2) is 0 Å². The quantitative estimate of drug-likeness (QED) is 0.621. The first-order valence-corrected chi connectivity index (χ1v) is 7.37. The van der Waals surface area contributed by atoms with E-state index in [1.54, 1.807) is 11.3 Å². The Balaban J connectivity index is 1.85. The van der Waals surface area contributed by atoms with Crippen LogP contribution in [0.1, 0.15) is 5.56 Å². The van der Waals surface area contributed by atoms with Crippen LogP contribution in [0.2, 0.25) is 0 Å². The van der Waals surface area contributed by atoms with Gasteiger partial charge in [0.25, 0.3) is 11.1 Å². The molecule has 18 heavy (non-hydrogen) atoms. The fourth-order valence-electron chi connectivity index (χ4n) is 1.31. The molecule has 98 valence electrons. The van der Waals surface area contributed by atoms with Gasteiger partial charge in [0.2, 0.25) is 0 Å². The molecule has 2 aromatic rings. The Morgan fingerprint density at radius 2 is 2.33 bits per heavy atom. The van der Waals surface area contributed by atoms with Gasteiger partial charge in [-0.3, -0.25) is 0 Å². The molecule has 0 atom stereocenters. The first kappa shape index (κ1) is 13.5. The van der Waals surface area contributed by atoms with Crippen LogP contribution in [-0.2, 0) is 4.74 Å². The summed E-state index contributed by atoms with van der Waals surface area (Å²) in [5.41, 5.74) is 1.14. The molecule has 0 aliphatic heterocycles. The largest absolute Gasteiger partial charge is 0.410 e. The lowest BCUT2D eigenvalue weighted by Crippen LogP contribution is -2.02. The van der Waals surface area contributed by atoms with Crippen molar-refractivity contribution < 1.29 is 14.3 Å². The number of thioether (sulfide) groups is 1. The Kier molecular flexibility index (Phi) is 5.18. The highest BCUT2D eigenvalue weighted by molar-refractivity contribution is 7.99. The van der Waals surface area contributed by atoms with E-state index in [2.05, 4.69) is 10.2 Å². The predicted molar refractivity (Wildman–Crippen MR) is 71.0 cm³/mol. The molecule has 2 rings (SSSR count). The van der Waals surface area contributed by atoms with Crippen molar-refractivity contribution in [3.05, 3.63) is 17.0 Å². The maximum Gasteiger partial charge on any atom is 0.276 e. The second-order valence-electron chi connectivity index (χ2n) is 3.49. The number of rotatable bonds is 7. The van der Waals surface area contributed by atoms with E-state index in [1.165, 1.54) is 11.8 Å². The topological polar surface area (TPSA) is 68.4 Å². The Hall–Kier alpha value is -0.890. The molecule has 0 bridgehead atoms. The van der Waals surface area contributed by atoms with E-state index in [9.17, 15) is 0 Å². The van der Waals surface area contributed by atoms with Gasteiger partial charge in [-0.05, 0) is 23.9 Å². The number of aliphatic hydroxyl groups excluding tert-OH is 1. The van der Waals surface area contributed by atoms with E-state index in [0.717, 1.165) is 16.2 Å². The highest BCUT2D eigenvalue weighted by Gasteiger charge is 2.12. The number of aryl methyl sites for hydroxylation is 1. The van der Waals surface area contributed by atoms with Crippen LogP contribution in [0.15, 0.2) is 21.1 Å². The third-order valence-electron chi connectivity index (χ3n) is 2.15. The fraction of sp³-hybridized carbons (Fsp3) is 0.455. The number of ether oxygens (including phenoxy) is 1. The normalized spacial score (nSPS) is 11.0. The van der Waals surface area contributed by atoms with Gasteiger partial charge < -0.3 is 14.3 Å². The number of aromatic nitrogens is 2. The Morgan fingerprint density at radius 1 is 1.44 bits per heavy atom. The predicted octanol–water partition coefficient (Wildman–Crippen LogP) is 2.21. The molecule has 1 N–H and O–H groups in total. The van der Waals surface area contributed by atoms with Crippen LogP contribution in [0.25, 0.3) is 10.8 Å². The monoisotopic (exact) mass is 286 g/mol. The third kappa shape index (κ3) is 3.55. The van der Waals surface area contributed by atoms with Crippen molar-refractivity contribution in [3.63, 3.8) is 0 Å². The summed E-state index contributed by atoms with van der Waals surface area (Å²) in [7, 11) is 0. The molecule has 2 aromatic heterocycles. The molecule has 0 saturated heterocycles. The van der Waals surface area contributed by atoms with Gasteiger partial charge in [0, 0.05) is 5.75 Å². The van der Waals surface area contributed by atoms with Gasteiger partial charge in [0.05, 0.1) is 24.7 Å². The van der Waals surface area contributed by atoms with Crippen LogP contribution >= 0.6 is 23.1 Å². The molecular formula is C11H14N2O3S2. The summed E-state index contributed by atoms with van der Waals surface area (Å²) in [6.07, 6.45) is 0. The average Bonchev–Trinajstić information content (AvgIpc) is 2.97. The van der Waals surface area contributed by atoms with Crippen molar-refractivity contribution in [2.24, 2.45) is 0 Å². The first-order chi connectivity index (χ1) is 8.81. The van der Waals surface area contributed by atoms with E-state index in [4.69, 9.17) is 14.3 Å². The van der Waals surface area contributed by atoms with E-state index in [-0.39, 0.29) is 6.61 Å². The van der Waals surface area contributed by atoms with Crippen molar-refractivity contribution in [1.82, 2.24) is 10.2 Å². The molecule has 5 nitrogen and oxygen atoms in total. The fourth-order valence-corrected chi connectivity index (χ4v) is 2.76. The third-order valence-corrected chi connectivity index (χ3v) is 3.94. The zero-order chi connectivity index (χ0) is 12.8. The SMILES string of the molecule is Cc1ccsc1-c1nnc(SCCOCCO)o1. The van der Waals surface area contributed by atoms with Crippen molar-refractivity contribution in [1.29, 1.82) is 0 Å². The zero-order valence-electron chi connectivity index (χ0n) is 9.96. The molecule has 0 aliphatic carbocycles. The minimum absolute atomic E-state index is 0.0486. The maximum atomic E-state index is 8.55. The first-order valence-electron chi connectivity index (χ1n) is 5.50. The number of hydrogen-bond donors (Lipinski definition) is 1. The van der Waals surface area contributed by atoms with Gasteiger partial charge in [0.1, 0.15) is 0 Å². The highest BCUT2D eigenvalue weighted by Crippen LogP contribution is 2.29. The van der Waals surface area contributed by atoms with Gasteiger partial charge in [0.15, 0.2) is 0 Å². The molecule has 0 saturated carbocycles. The van der Waals surface area contributed by atoms with Gasteiger partial charge in [-0.1, -0.05) is 11.8 Å². The van der Waals surface area contributed by atoms with Crippen molar-refractivity contribution in [3.8, 4) is 10.8 Å². The van der Waals surface area contributed by atoms with Crippen LogP contribution in [0.5, 0.6) is 0 Å². The van der Waals surface area contributed by atoms with Crippen molar-refractivity contribution in [2.75, 3.05) is 25.6 Å². The van der Waals surface area contributed by atoms with Gasteiger partial charge in [-0.15, -0.1) is 21.5 Å². The van der Waals surface area contributed by atoms with Crippen LogP contribution in [-0.4, -0.2) is 40.9 Å². The lowest BCUT2D eigenvalue weighted by Gasteiger charge is -1.98. The standard InChI is InChI=1S/C11H14N2O3S2/c1-8-2-6-17-9(8)10-12-13-11(16-10)18-7-5-15-4-3-14/h2,6,14H,3-5,7H2,1H3. The number of hydrogen-bond acceptors (Lipinski definition) is 7. The van der Waals surface area contributed by atoms with Crippen LogP contribution < -0.4 is 0 Å². The van der Waals surface area contributed by atoms with Gasteiger partial charge in [-0.2, -0.15) is 0 Å². The molecule has 0 aromatic carbocycles. The molecule has 0 aliphatic rings. The van der Waals surface area contributed by atoms with Crippen LogP contribution in [0, 0.1) is 6.92 Å². The second-order valence-corrected chi connectivity index (χ2v) is 5.45. The molecule has 0 fully saturated rings. The lowest BCUT2D eigenvalue weighted by atomic mass is 10.3. The minimum atomic E-state index is 0.0486. The number of nitrogens with zero attached hydrogens (tertiary/aromatic N) is 2. The zero-order valence-corrected chi connectivity index (χ0v) is 11.6. The second kappa shape index (κ2) is 6.89. The molecular weight excluding hydrogens is 272 g/mol. The summed E-state index contributed by atoms with van der Waals surface area (Å²) < 4.78 is 10.7.